The number of nitrogens with zero attached hydrogens (tertiary/aromatic N) is 2. The van der Waals surface area contributed by atoms with Crippen LogP contribution in [0.25, 0.3) is 21.9 Å². The lowest BCUT2D eigenvalue weighted by atomic mass is 10.1. The van der Waals surface area contributed by atoms with Gasteiger partial charge in [-0.3, -0.25) is 14.8 Å². The van der Waals surface area contributed by atoms with Crippen molar-refractivity contribution in [3.63, 3.8) is 0 Å². The van der Waals surface area contributed by atoms with Crippen molar-refractivity contribution >= 4 is 71.6 Å². The molecule has 0 unspecified atom stereocenters. The van der Waals surface area contributed by atoms with Gasteiger partial charge in [0, 0.05) is 27.4 Å². The van der Waals surface area contributed by atoms with Crippen molar-refractivity contribution in [3.8, 4) is 0 Å². The molecule has 160 valence electrons. The number of sulfonamides is 1. The number of para-hydroxylation sites is 1. The second kappa shape index (κ2) is 7.90. The zero-order valence-electron chi connectivity index (χ0n) is 16.1. The third kappa shape index (κ3) is 3.91. The van der Waals surface area contributed by atoms with Crippen molar-refractivity contribution in [2.45, 2.75) is 4.34 Å². The van der Waals surface area contributed by atoms with Gasteiger partial charge in [0.05, 0.1) is 5.69 Å². The van der Waals surface area contributed by atoms with E-state index in [0.29, 0.717) is 27.4 Å². The molecule has 3 aromatic carbocycles. The van der Waals surface area contributed by atoms with Crippen molar-refractivity contribution in [1.82, 2.24) is 10.2 Å². The predicted octanol–water partition coefficient (Wildman–Crippen LogP) is 5.14. The highest BCUT2D eigenvalue weighted by Gasteiger charge is 2.22. The number of anilines is 2. The summed E-state index contributed by atoms with van der Waals surface area (Å²) in [6, 6.07) is 18.9. The third-order valence-electron chi connectivity index (χ3n) is 4.59. The average molecular weight is 485 g/mol. The number of hydrogen-bond donors (Lipinski definition) is 2. The van der Waals surface area contributed by atoms with Crippen molar-refractivity contribution in [2.75, 3.05) is 10.0 Å². The second-order valence-corrected chi connectivity index (χ2v) is 10.0. The highest BCUT2D eigenvalue weighted by Crippen LogP contribution is 2.31. The minimum absolute atomic E-state index is 0.0538. The predicted molar refractivity (Wildman–Crippen MR) is 124 cm³/mol. The quantitative estimate of drug-likeness (QED) is 0.334. The fraction of sp³-hybridized carbons (Fsp3) is 0. The zero-order chi connectivity index (χ0) is 22.3. The molecule has 2 N–H and O–H groups in total. The normalized spacial score (nSPS) is 11.7. The lowest BCUT2D eigenvalue weighted by molar-refractivity contribution is 0.102. The summed E-state index contributed by atoms with van der Waals surface area (Å²) in [6.45, 7) is 0. The van der Waals surface area contributed by atoms with Gasteiger partial charge in [0.1, 0.15) is 11.2 Å². The lowest BCUT2D eigenvalue weighted by Crippen LogP contribution is -2.12. The van der Waals surface area contributed by atoms with Crippen LogP contribution in [0.3, 0.4) is 0 Å². The highest BCUT2D eigenvalue weighted by atomic mass is 35.5. The van der Waals surface area contributed by atoms with Gasteiger partial charge in [0.25, 0.3) is 20.3 Å². The number of halogens is 1. The van der Waals surface area contributed by atoms with Crippen molar-refractivity contribution < 1.29 is 17.6 Å². The molecule has 0 aliphatic heterocycles. The smallest absolute Gasteiger partial charge is 0.291 e. The molecule has 5 rings (SSSR count). The summed E-state index contributed by atoms with van der Waals surface area (Å²) in [5.41, 5.74) is 1.94. The summed E-state index contributed by atoms with van der Waals surface area (Å²) < 4.78 is 33.5. The third-order valence-corrected chi connectivity index (χ3v) is 7.43. The average Bonchev–Trinajstić information content (AvgIpc) is 3.38. The molecule has 32 heavy (non-hydrogen) atoms. The lowest BCUT2D eigenvalue weighted by Gasteiger charge is -2.04. The number of hydrogen-bond acceptors (Lipinski definition) is 7. The molecule has 5 aromatic rings. The molecule has 0 aliphatic carbocycles. The number of amides is 1. The molecule has 2 heterocycles. The van der Waals surface area contributed by atoms with Gasteiger partial charge in [0.15, 0.2) is 0 Å². The van der Waals surface area contributed by atoms with Crippen LogP contribution in [0.15, 0.2) is 75.5 Å². The topological polar surface area (TPSA) is 114 Å². The molecule has 0 radical (unpaired) electrons. The Bertz CT molecular complexity index is 1580. The Morgan fingerprint density at radius 3 is 2.50 bits per heavy atom. The molecular formula is C21H13ClN4O4S2. The van der Waals surface area contributed by atoms with E-state index >= 15 is 0 Å². The van der Waals surface area contributed by atoms with Crippen LogP contribution in [0.1, 0.15) is 10.4 Å². The van der Waals surface area contributed by atoms with Crippen molar-refractivity contribution in [3.05, 3.63) is 77.3 Å². The monoisotopic (exact) mass is 484 g/mol. The molecular weight excluding hydrogens is 472 g/mol. The highest BCUT2D eigenvalue weighted by molar-refractivity contribution is 7.94. The van der Waals surface area contributed by atoms with Gasteiger partial charge in [-0.1, -0.05) is 41.1 Å². The molecule has 0 saturated heterocycles. The first-order valence-electron chi connectivity index (χ1n) is 9.24. The van der Waals surface area contributed by atoms with Gasteiger partial charge in [0.2, 0.25) is 5.13 Å². The number of rotatable bonds is 5. The number of aromatic nitrogens is 2. The Morgan fingerprint density at radius 1 is 0.938 bits per heavy atom. The van der Waals surface area contributed by atoms with Crippen molar-refractivity contribution in [1.29, 1.82) is 0 Å². The first-order valence-corrected chi connectivity index (χ1v) is 11.9. The second-order valence-electron chi connectivity index (χ2n) is 6.75. The van der Waals surface area contributed by atoms with E-state index < -0.39 is 15.9 Å². The molecule has 1 amide bonds. The molecule has 0 spiro atoms. The number of carbonyl (C=O) groups excluding carboxylic acids is 1. The van der Waals surface area contributed by atoms with Crippen LogP contribution in [-0.4, -0.2) is 24.5 Å². The maximum atomic E-state index is 12.8. The fourth-order valence-electron chi connectivity index (χ4n) is 3.13. The Kier molecular flexibility index (Phi) is 5.04. The Hall–Kier alpha value is -3.47. The zero-order valence-corrected chi connectivity index (χ0v) is 18.5. The van der Waals surface area contributed by atoms with Crippen LogP contribution in [0, 0.1) is 0 Å². The number of fused-ring (bicyclic) bond motifs is 3. The van der Waals surface area contributed by atoms with Crippen molar-refractivity contribution in [2.24, 2.45) is 0 Å². The summed E-state index contributed by atoms with van der Waals surface area (Å²) in [4.78, 5) is 12.3. The van der Waals surface area contributed by atoms with Crippen LogP contribution < -0.4 is 10.0 Å². The van der Waals surface area contributed by atoms with Gasteiger partial charge in [-0.15, -0.1) is 10.2 Å². The number of carbonyl (C=O) groups is 1. The molecule has 0 bridgehead atoms. The van der Waals surface area contributed by atoms with E-state index in [9.17, 15) is 13.2 Å². The van der Waals surface area contributed by atoms with Gasteiger partial charge in [-0.25, -0.2) is 0 Å². The summed E-state index contributed by atoms with van der Waals surface area (Å²) in [6.07, 6.45) is 0. The minimum atomic E-state index is -4.01. The van der Waals surface area contributed by atoms with E-state index in [1.807, 2.05) is 24.3 Å². The van der Waals surface area contributed by atoms with Crippen LogP contribution >= 0.6 is 22.9 Å². The molecule has 0 saturated carbocycles. The van der Waals surface area contributed by atoms with E-state index in [2.05, 4.69) is 20.2 Å². The largest absolute Gasteiger partial charge is 0.456 e. The maximum Gasteiger partial charge on any atom is 0.291 e. The summed E-state index contributed by atoms with van der Waals surface area (Å²) >= 11 is 6.56. The standard InChI is InChI=1S/C21H13ClN4O4S2/c22-13-7-5-12(6-8-13)19(27)23-20-24-25-21(31-20)32(28,29)26-14-9-10-16-15-3-1-2-4-17(15)30-18(16)11-14/h1-11,26H,(H,23,24,27). The molecule has 0 atom stereocenters. The fourth-order valence-corrected chi connectivity index (χ4v) is 5.20. The van der Waals surface area contributed by atoms with Crippen LogP contribution in [0.2, 0.25) is 5.02 Å². The van der Waals surface area contributed by atoms with Crippen LogP contribution in [-0.2, 0) is 10.0 Å². The molecule has 2 aromatic heterocycles. The molecule has 0 fully saturated rings. The van der Waals surface area contributed by atoms with E-state index in [-0.39, 0.29) is 9.47 Å². The van der Waals surface area contributed by atoms with Crippen LogP contribution in [0.5, 0.6) is 0 Å². The SMILES string of the molecule is O=C(Nc1nnc(S(=O)(=O)Nc2ccc3c(c2)oc2ccccc23)s1)c1ccc(Cl)cc1. The van der Waals surface area contributed by atoms with E-state index in [4.69, 9.17) is 16.0 Å². The molecule has 0 aliphatic rings. The minimum Gasteiger partial charge on any atom is -0.456 e. The number of furan rings is 1. The first-order chi connectivity index (χ1) is 15.4. The van der Waals surface area contributed by atoms with E-state index in [0.717, 1.165) is 22.1 Å². The van der Waals surface area contributed by atoms with Gasteiger partial charge in [-0.05, 0) is 42.5 Å². The van der Waals surface area contributed by atoms with Gasteiger partial charge < -0.3 is 4.42 Å². The number of benzene rings is 3. The maximum absolute atomic E-state index is 12.8. The summed E-state index contributed by atoms with van der Waals surface area (Å²) in [5, 5.41) is 12.4. The summed E-state index contributed by atoms with van der Waals surface area (Å²) in [5.74, 6) is -0.454. The van der Waals surface area contributed by atoms with Gasteiger partial charge in [-0.2, -0.15) is 8.42 Å². The molecule has 8 nitrogen and oxygen atoms in total. The Labute approximate surface area is 190 Å². The number of nitrogens with one attached hydrogen (secondary N) is 2. The van der Waals surface area contributed by atoms with E-state index in [1.165, 1.54) is 0 Å². The Morgan fingerprint density at radius 2 is 1.69 bits per heavy atom. The van der Waals surface area contributed by atoms with Gasteiger partial charge >= 0.3 is 0 Å². The molecule has 11 heteroatoms. The Balaban J connectivity index is 1.36. The van der Waals surface area contributed by atoms with Crippen LogP contribution in [0.4, 0.5) is 10.8 Å². The van der Waals surface area contributed by atoms with E-state index in [1.54, 1.807) is 42.5 Å². The first kappa shape index (κ1) is 20.4. The summed E-state index contributed by atoms with van der Waals surface area (Å²) in [7, 11) is -4.01.